The van der Waals surface area contributed by atoms with Crippen LogP contribution in [0.1, 0.15) is 53.9 Å². The Hall–Kier alpha value is -3.39. The van der Waals surface area contributed by atoms with E-state index < -0.39 is 0 Å². The van der Waals surface area contributed by atoms with Gasteiger partial charge in [0.1, 0.15) is 5.75 Å². The van der Waals surface area contributed by atoms with Crippen molar-refractivity contribution in [3.63, 3.8) is 0 Å². The molecule has 3 fully saturated rings. The lowest BCUT2D eigenvalue weighted by Gasteiger charge is -2.22. The van der Waals surface area contributed by atoms with Crippen LogP contribution in [0.25, 0.3) is 0 Å². The van der Waals surface area contributed by atoms with Crippen LogP contribution in [0.4, 0.5) is 11.4 Å². The van der Waals surface area contributed by atoms with Crippen molar-refractivity contribution in [1.29, 1.82) is 0 Å². The van der Waals surface area contributed by atoms with Crippen LogP contribution >= 0.6 is 0 Å². The van der Waals surface area contributed by atoms with Crippen LogP contribution in [0.15, 0.2) is 47.5 Å². The van der Waals surface area contributed by atoms with Gasteiger partial charge in [0, 0.05) is 48.5 Å². The Kier molecular flexibility index (Phi) is 6.76. The van der Waals surface area contributed by atoms with Crippen molar-refractivity contribution in [2.75, 3.05) is 31.7 Å². The molecule has 8 nitrogen and oxygen atoms in total. The van der Waals surface area contributed by atoms with Gasteiger partial charge in [-0.3, -0.25) is 14.9 Å². The van der Waals surface area contributed by atoms with Gasteiger partial charge in [-0.25, -0.2) is 0 Å². The van der Waals surface area contributed by atoms with E-state index in [0.29, 0.717) is 37.0 Å². The second-order valence-electron chi connectivity index (χ2n) is 9.11. The molecule has 0 bridgehead atoms. The van der Waals surface area contributed by atoms with Crippen molar-refractivity contribution in [1.82, 2.24) is 10.6 Å². The first-order chi connectivity index (χ1) is 16.6. The normalized spacial score (nSPS) is 21.5. The standard InChI is InChI=1S/C26H30N4O4/c31-24-10-11-27-26(29-24)30-25(32)19-8-9-23(22(13-19)18-6-7-18)28-20-4-1-5-21(14-20)34-16-17-3-2-12-33-15-17/h1,4-5,8-9,13-14,17-18,28H,2-3,6-7,10-12,15-16H2,(H2,27,29,30,31,32). The molecule has 1 atom stereocenters. The molecule has 3 N–H and O–H groups in total. The van der Waals surface area contributed by atoms with Crippen molar-refractivity contribution >= 4 is 29.1 Å². The Morgan fingerprint density at radius 2 is 2.09 bits per heavy atom. The number of amides is 2. The number of nitrogens with one attached hydrogen (secondary N) is 3. The van der Waals surface area contributed by atoms with Gasteiger partial charge < -0.3 is 20.1 Å². The van der Waals surface area contributed by atoms with Gasteiger partial charge in [-0.1, -0.05) is 6.07 Å². The summed E-state index contributed by atoms with van der Waals surface area (Å²) in [5.74, 6) is 1.40. The number of anilines is 2. The summed E-state index contributed by atoms with van der Waals surface area (Å²) in [6.45, 7) is 2.75. The van der Waals surface area contributed by atoms with Gasteiger partial charge in [-0.15, -0.1) is 0 Å². The summed E-state index contributed by atoms with van der Waals surface area (Å²) in [5, 5.41) is 9.05. The van der Waals surface area contributed by atoms with E-state index in [1.165, 1.54) is 0 Å². The molecule has 2 aliphatic heterocycles. The molecule has 3 aliphatic rings. The summed E-state index contributed by atoms with van der Waals surface area (Å²) < 4.78 is 11.6. The number of nitrogens with zero attached hydrogens (tertiary/aromatic N) is 1. The molecular weight excluding hydrogens is 432 g/mol. The Balaban J connectivity index is 1.28. The molecule has 1 saturated carbocycles. The predicted molar refractivity (Wildman–Crippen MR) is 130 cm³/mol. The lowest BCUT2D eigenvalue weighted by atomic mass is 10.0. The zero-order valence-corrected chi connectivity index (χ0v) is 19.1. The number of ether oxygens (including phenoxy) is 2. The summed E-state index contributed by atoms with van der Waals surface area (Å²) in [7, 11) is 0. The van der Waals surface area contributed by atoms with Crippen molar-refractivity contribution in [2.24, 2.45) is 10.9 Å². The van der Waals surface area contributed by atoms with Crippen molar-refractivity contribution < 1.29 is 19.1 Å². The van der Waals surface area contributed by atoms with Crippen LogP contribution in [-0.4, -0.2) is 44.1 Å². The lowest BCUT2D eigenvalue weighted by Crippen LogP contribution is -2.48. The van der Waals surface area contributed by atoms with E-state index in [1.54, 1.807) is 6.07 Å². The Bertz CT molecular complexity index is 1090. The number of rotatable bonds is 7. The molecule has 1 aliphatic carbocycles. The molecule has 2 aromatic rings. The molecule has 5 rings (SSSR count). The molecule has 0 aromatic heterocycles. The Labute approximate surface area is 199 Å². The topological polar surface area (TPSA) is 101 Å². The largest absolute Gasteiger partial charge is 0.493 e. The van der Waals surface area contributed by atoms with Gasteiger partial charge in [0.2, 0.25) is 11.9 Å². The molecule has 8 heteroatoms. The highest BCUT2D eigenvalue weighted by atomic mass is 16.5. The average molecular weight is 463 g/mol. The maximum absolute atomic E-state index is 12.7. The number of guanidine groups is 1. The first-order valence-corrected chi connectivity index (χ1v) is 12.0. The zero-order valence-electron chi connectivity index (χ0n) is 19.1. The van der Waals surface area contributed by atoms with Crippen LogP contribution in [0, 0.1) is 5.92 Å². The molecule has 34 heavy (non-hydrogen) atoms. The van der Waals surface area contributed by atoms with Crippen LogP contribution in [-0.2, 0) is 9.53 Å². The fraction of sp³-hybridized carbons (Fsp3) is 0.423. The summed E-state index contributed by atoms with van der Waals surface area (Å²) in [6, 6.07) is 13.6. The van der Waals surface area contributed by atoms with Gasteiger partial charge in [-0.05, 0) is 67.5 Å². The number of carbonyl (C=O) groups is 2. The number of carbonyl (C=O) groups excluding carboxylic acids is 2. The number of hydrogen-bond acceptors (Lipinski definition) is 5. The monoisotopic (exact) mass is 462 g/mol. The van der Waals surface area contributed by atoms with E-state index in [9.17, 15) is 9.59 Å². The van der Waals surface area contributed by atoms with E-state index in [-0.39, 0.29) is 17.8 Å². The molecule has 2 aromatic carbocycles. The van der Waals surface area contributed by atoms with Crippen molar-refractivity contribution in [3.8, 4) is 5.75 Å². The molecule has 178 valence electrons. The van der Waals surface area contributed by atoms with Crippen LogP contribution in [0.2, 0.25) is 0 Å². The highest BCUT2D eigenvalue weighted by Gasteiger charge is 2.27. The second kappa shape index (κ2) is 10.3. The lowest BCUT2D eigenvalue weighted by molar-refractivity contribution is -0.120. The van der Waals surface area contributed by atoms with Gasteiger partial charge in [0.15, 0.2) is 0 Å². The first-order valence-electron chi connectivity index (χ1n) is 12.0. The van der Waals surface area contributed by atoms with Crippen molar-refractivity contribution in [2.45, 2.75) is 38.0 Å². The maximum Gasteiger partial charge on any atom is 0.280 e. The molecule has 2 heterocycles. The van der Waals surface area contributed by atoms with E-state index in [4.69, 9.17) is 9.47 Å². The number of benzene rings is 2. The average Bonchev–Trinajstić information content (AvgIpc) is 3.69. The van der Waals surface area contributed by atoms with Crippen molar-refractivity contribution in [3.05, 3.63) is 53.6 Å². The Morgan fingerprint density at radius 3 is 2.88 bits per heavy atom. The summed E-state index contributed by atoms with van der Waals surface area (Å²) in [5.41, 5.74) is 3.53. The van der Waals surface area contributed by atoms with Gasteiger partial charge in [-0.2, -0.15) is 4.99 Å². The van der Waals surface area contributed by atoms with Crippen LogP contribution in [0.5, 0.6) is 5.75 Å². The third-order valence-electron chi connectivity index (χ3n) is 6.28. The summed E-state index contributed by atoms with van der Waals surface area (Å²) >= 11 is 0. The van der Waals surface area contributed by atoms with Gasteiger partial charge >= 0.3 is 0 Å². The first kappa shape index (κ1) is 22.4. The minimum Gasteiger partial charge on any atom is -0.493 e. The molecular formula is C26H30N4O4. The minimum atomic E-state index is -0.375. The van der Waals surface area contributed by atoms with Crippen LogP contribution < -0.4 is 20.7 Å². The van der Waals surface area contributed by atoms with Gasteiger partial charge in [0.25, 0.3) is 5.91 Å². The maximum atomic E-state index is 12.7. The quantitative estimate of drug-likeness (QED) is 0.580. The Morgan fingerprint density at radius 1 is 1.18 bits per heavy atom. The molecule has 2 amide bonds. The third-order valence-corrected chi connectivity index (χ3v) is 6.28. The smallest absolute Gasteiger partial charge is 0.280 e. The minimum absolute atomic E-state index is 0.137. The zero-order chi connectivity index (χ0) is 23.3. The predicted octanol–water partition coefficient (Wildman–Crippen LogP) is 3.72. The fourth-order valence-corrected chi connectivity index (χ4v) is 4.28. The highest BCUT2D eigenvalue weighted by molar-refractivity contribution is 6.08. The molecule has 2 saturated heterocycles. The summed E-state index contributed by atoms with van der Waals surface area (Å²) in [4.78, 5) is 28.3. The van der Waals surface area contributed by atoms with E-state index in [0.717, 1.165) is 61.6 Å². The molecule has 0 radical (unpaired) electrons. The van der Waals surface area contributed by atoms with E-state index in [2.05, 4.69) is 20.9 Å². The number of aliphatic imine (C=N–C) groups is 1. The van der Waals surface area contributed by atoms with E-state index >= 15 is 0 Å². The van der Waals surface area contributed by atoms with E-state index in [1.807, 2.05) is 36.4 Å². The molecule has 1 unspecified atom stereocenters. The number of hydrogen-bond donors (Lipinski definition) is 3. The SMILES string of the molecule is O=C1CCN/C(=N\C(=O)c2ccc(Nc3cccc(OCC4CCCOC4)c3)c(C3CC3)c2)N1. The van der Waals surface area contributed by atoms with Crippen LogP contribution in [0.3, 0.4) is 0 Å². The third kappa shape index (κ3) is 5.75. The fourth-order valence-electron chi connectivity index (χ4n) is 4.28. The molecule has 0 spiro atoms. The van der Waals surface area contributed by atoms with Gasteiger partial charge in [0.05, 0.1) is 13.2 Å². The highest BCUT2D eigenvalue weighted by Crippen LogP contribution is 2.44. The summed E-state index contributed by atoms with van der Waals surface area (Å²) in [6.07, 6.45) is 4.81. The second-order valence-corrected chi connectivity index (χ2v) is 9.11.